The second-order valence-electron chi connectivity index (χ2n) is 21.7. The van der Waals surface area contributed by atoms with Crippen LogP contribution in [0.5, 0.6) is 0 Å². The molecule has 6 aromatic rings. The Balaban J connectivity index is 0.000000240. The maximum atomic E-state index is 2.47. The van der Waals surface area contributed by atoms with E-state index >= 15 is 0 Å². The van der Waals surface area contributed by atoms with Crippen LogP contribution in [-0.2, 0) is 58.3 Å². The molecule has 0 spiro atoms. The van der Waals surface area contributed by atoms with E-state index in [-0.39, 0.29) is 83.1 Å². The maximum Gasteiger partial charge on any atom is 4.00 e. The zero-order valence-electron chi connectivity index (χ0n) is 37.3. The first-order valence-corrected chi connectivity index (χ1v) is 20.7. The second-order valence-corrected chi connectivity index (χ2v) is 21.7. The van der Waals surface area contributed by atoms with Crippen molar-refractivity contribution in [2.75, 3.05) is 0 Å². The first kappa shape index (κ1) is 47.2. The van der Waals surface area contributed by atoms with Gasteiger partial charge in [0.25, 0.3) is 0 Å². The molecule has 6 aromatic carbocycles. The summed E-state index contributed by atoms with van der Waals surface area (Å²) in [5.41, 5.74) is 15.7. The van der Waals surface area contributed by atoms with Gasteiger partial charge < -0.3 is 24.8 Å². The van der Waals surface area contributed by atoms with E-state index in [1.54, 1.807) is 22.3 Å². The van der Waals surface area contributed by atoms with Crippen LogP contribution in [0, 0.1) is 0 Å². The molecule has 0 fully saturated rings. The van der Waals surface area contributed by atoms with E-state index in [9.17, 15) is 0 Å². The maximum absolute atomic E-state index is 2.47. The molecule has 300 valence electrons. The minimum Gasteiger partial charge on any atom is -1.00 e. The molecule has 0 aliphatic heterocycles. The Hall–Kier alpha value is -2.45. The molecule has 2 aliphatic rings. The Bertz CT molecular complexity index is 2050. The van der Waals surface area contributed by atoms with Gasteiger partial charge in [-0.1, -0.05) is 191 Å². The molecule has 0 unspecified atom stereocenters. The molecular formula is C54H66Cl2Hf. The van der Waals surface area contributed by atoms with Crippen molar-refractivity contribution in [1.29, 1.82) is 0 Å². The van der Waals surface area contributed by atoms with E-state index in [0.717, 1.165) is 0 Å². The normalized spacial score (nSPS) is 17.5. The summed E-state index contributed by atoms with van der Waals surface area (Å²) >= 11 is 0. The van der Waals surface area contributed by atoms with Gasteiger partial charge in [0.15, 0.2) is 0 Å². The van der Waals surface area contributed by atoms with Gasteiger partial charge in [0.05, 0.1) is 0 Å². The Morgan fingerprint density at radius 1 is 0.404 bits per heavy atom. The summed E-state index contributed by atoms with van der Waals surface area (Å²) in [5, 5.41) is 5.53. The summed E-state index contributed by atoms with van der Waals surface area (Å²) in [6.07, 6.45) is 5.06. The predicted octanol–water partition coefficient (Wildman–Crippen LogP) is 9.75. The van der Waals surface area contributed by atoms with Crippen LogP contribution < -0.4 is 24.8 Å². The van der Waals surface area contributed by atoms with Crippen molar-refractivity contribution >= 4 is 21.5 Å². The van der Waals surface area contributed by atoms with Gasteiger partial charge in [-0.15, -0.1) is 69.1 Å². The molecule has 2 aliphatic carbocycles. The summed E-state index contributed by atoms with van der Waals surface area (Å²) in [4.78, 5) is 0. The summed E-state index contributed by atoms with van der Waals surface area (Å²) in [6.45, 7) is 32.9. The number of hydrogen-bond donors (Lipinski definition) is 0. The monoisotopic (exact) mass is 964 g/mol. The Morgan fingerprint density at radius 2 is 0.667 bits per heavy atom. The smallest absolute Gasteiger partial charge is 1.00 e. The van der Waals surface area contributed by atoms with Crippen molar-refractivity contribution in [3.63, 3.8) is 0 Å². The van der Waals surface area contributed by atoms with E-state index in [4.69, 9.17) is 0 Å². The average Bonchev–Trinajstić information content (AvgIpc) is 3.72. The van der Waals surface area contributed by atoms with Crippen molar-refractivity contribution in [1.82, 2.24) is 0 Å². The third-order valence-corrected chi connectivity index (χ3v) is 13.5. The molecule has 0 amide bonds. The predicted molar refractivity (Wildman–Crippen MR) is 238 cm³/mol. The number of benzene rings is 4. The van der Waals surface area contributed by atoms with Gasteiger partial charge in [-0.05, 0) is 69.3 Å². The van der Waals surface area contributed by atoms with Gasteiger partial charge in [-0.25, -0.2) is 0 Å². The molecule has 3 heteroatoms. The molecule has 57 heavy (non-hydrogen) atoms. The van der Waals surface area contributed by atoms with Crippen LogP contribution in [0.1, 0.15) is 156 Å². The largest absolute Gasteiger partial charge is 4.00 e. The molecule has 8 rings (SSSR count). The molecule has 0 radical (unpaired) electrons. The first-order chi connectivity index (χ1) is 24.9. The van der Waals surface area contributed by atoms with Crippen LogP contribution in [0.15, 0.2) is 97.1 Å². The van der Waals surface area contributed by atoms with Gasteiger partial charge in [-0.2, -0.15) is 0 Å². The van der Waals surface area contributed by atoms with Crippen molar-refractivity contribution < 1.29 is 50.7 Å². The van der Waals surface area contributed by atoms with Crippen LogP contribution in [0.2, 0.25) is 0 Å². The fourth-order valence-electron chi connectivity index (χ4n) is 9.21. The second kappa shape index (κ2) is 16.2. The van der Waals surface area contributed by atoms with E-state index < -0.39 is 0 Å². The number of fused-ring (bicyclic) bond motifs is 4. The summed E-state index contributed by atoms with van der Waals surface area (Å²) in [5.74, 6) is 0. The van der Waals surface area contributed by atoms with Gasteiger partial charge in [0, 0.05) is 0 Å². The molecular weight excluding hydrogens is 898 g/mol. The van der Waals surface area contributed by atoms with Crippen molar-refractivity contribution in [3.05, 3.63) is 130 Å². The van der Waals surface area contributed by atoms with Gasteiger partial charge in [0.2, 0.25) is 0 Å². The van der Waals surface area contributed by atoms with Crippen LogP contribution in [0.3, 0.4) is 0 Å². The standard InChI is InChI=1S/2C27H33.2ClH.Hf/c2*1-25(2,3)22-10-8-18(9-11-22)19-14-20-16-23-24(17-21(20)15-19)27(6,7)13-12-26(23,4)5;;;/h2*8-11,14-17H,12-13H2,1-7H3;2*1H;/q2*-1;;;+4/p-2. The van der Waals surface area contributed by atoms with Crippen LogP contribution >= 0.6 is 0 Å². The Labute approximate surface area is 377 Å². The van der Waals surface area contributed by atoms with Crippen molar-refractivity contribution in [2.45, 2.75) is 155 Å². The molecule has 0 saturated heterocycles. The van der Waals surface area contributed by atoms with Crippen LogP contribution in [0.25, 0.3) is 43.8 Å². The summed E-state index contributed by atoms with van der Waals surface area (Å²) in [6, 6.07) is 37.6. The summed E-state index contributed by atoms with van der Waals surface area (Å²) < 4.78 is 0. The van der Waals surface area contributed by atoms with Crippen molar-refractivity contribution in [3.8, 4) is 22.3 Å². The Morgan fingerprint density at radius 3 is 0.930 bits per heavy atom. The zero-order chi connectivity index (χ0) is 39.2. The van der Waals surface area contributed by atoms with Crippen molar-refractivity contribution in [2.24, 2.45) is 0 Å². The van der Waals surface area contributed by atoms with E-state index in [2.05, 4.69) is 194 Å². The minimum atomic E-state index is 0. The number of hydrogen-bond acceptors (Lipinski definition) is 0. The van der Waals surface area contributed by atoms with Crippen LogP contribution in [0.4, 0.5) is 0 Å². The average molecular weight is 965 g/mol. The molecule has 0 saturated carbocycles. The van der Waals surface area contributed by atoms with Crippen LogP contribution in [-0.4, -0.2) is 0 Å². The third kappa shape index (κ3) is 9.32. The number of rotatable bonds is 2. The van der Waals surface area contributed by atoms with E-state index in [1.165, 1.54) is 80.6 Å². The fourth-order valence-corrected chi connectivity index (χ4v) is 9.21. The number of halogens is 2. The van der Waals surface area contributed by atoms with Gasteiger partial charge >= 0.3 is 25.8 Å². The SMILES string of the molecule is CC(C)(C)c1ccc(-c2cc3cc4c(cc3[cH-]2)C(C)(C)CCC4(C)C)cc1.CC(C)(C)c1ccc(-c2cc3cc4c(cc3[cH-]2)C(C)(C)CCC4(C)C)cc1.[Cl-].[Cl-].[Hf+4]. The molecule has 0 aromatic heterocycles. The first-order valence-electron chi connectivity index (χ1n) is 20.7. The van der Waals surface area contributed by atoms with Gasteiger partial charge in [-0.3, -0.25) is 0 Å². The van der Waals surface area contributed by atoms with E-state index in [1.807, 2.05) is 0 Å². The minimum absolute atomic E-state index is 0. The molecule has 0 heterocycles. The van der Waals surface area contributed by atoms with Gasteiger partial charge in [0.1, 0.15) is 0 Å². The fraction of sp³-hybridized carbons (Fsp3) is 0.444. The summed E-state index contributed by atoms with van der Waals surface area (Å²) in [7, 11) is 0. The molecule has 0 nitrogen and oxygen atoms in total. The zero-order valence-corrected chi connectivity index (χ0v) is 42.4. The Kier molecular flexibility index (Phi) is 13.4. The quantitative estimate of drug-likeness (QED) is 0.120. The molecule has 0 atom stereocenters. The molecule has 0 N–H and O–H groups in total. The van der Waals surface area contributed by atoms with E-state index in [0.29, 0.717) is 0 Å². The topological polar surface area (TPSA) is 0 Å². The third-order valence-electron chi connectivity index (χ3n) is 13.5. The molecule has 0 bridgehead atoms.